The number of carbonyl (C=O) groups is 1. The highest BCUT2D eigenvalue weighted by Gasteiger charge is 2.16. The SMILES string of the molecule is COCCOCCCNC(=O)CC1CCCCC1. The quantitative estimate of drug-likeness (QED) is 0.644. The van der Waals surface area contributed by atoms with E-state index in [1.54, 1.807) is 7.11 Å². The molecule has 0 radical (unpaired) electrons. The van der Waals surface area contributed by atoms with E-state index in [2.05, 4.69) is 5.32 Å². The Balaban J connectivity index is 1.90. The monoisotopic (exact) mass is 257 g/mol. The third-order valence-electron chi connectivity index (χ3n) is 3.42. The summed E-state index contributed by atoms with van der Waals surface area (Å²) in [6.45, 7) is 2.67. The summed E-state index contributed by atoms with van der Waals surface area (Å²) in [5, 5.41) is 2.97. The molecule has 0 bridgehead atoms. The van der Waals surface area contributed by atoms with Crippen molar-refractivity contribution in [1.29, 1.82) is 0 Å². The fourth-order valence-corrected chi connectivity index (χ4v) is 2.37. The Labute approximate surface area is 110 Å². The number of hydrogen-bond acceptors (Lipinski definition) is 3. The van der Waals surface area contributed by atoms with Crippen LogP contribution in [0.25, 0.3) is 0 Å². The molecule has 0 aromatic heterocycles. The van der Waals surface area contributed by atoms with Crippen LogP contribution in [-0.4, -0.2) is 39.4 Å². The molecule has 106 valence electrons. The van der Waals surface area contributed by atoms with E-state index in [0.717, 1.165) is 13.0 Å². The van der Waals surface area contributed by atoms with E-state index in [-0.39, 0.29) is 5.91 Å². The Morgan fingerprint density at radius 2 is 1.94 bits per heavy atom. The maximum absolute atomic E-state index is 11.7. The van der Waals surface area contributed by atoms with E-state index in [1.165, 1.54) is 32.1 Å². The van der Waals surface area contributed by atoms with E-state index >= 15 is 0 Å². The molecule has 1 aliphatic rings. The van der Waals surface area contributed by atoms with Gasteiger partial charge in [-0.2, -0.15) is 0 Å². The lowest BCUT2D eigenvalue weighted by molar-refractivity contribution is -0.122. The highest BCUT2D eigenvalue weighted by molar-refractivity contribution is 5.76. The number of methoxy groups -OCH3 is 1. The molecule has 0 atom stereocenters. The van der Waals surface area contributed by atoms with Gasteiger partial charge >= 0.3 is 0 Å². The van der Waals surface area contributed by atoms with Crippen LogP contribution < -0.4 is 5.32 Å². The van der Waals surface area contributed by atoms with E-state index in [9.17, 15) is 4.79 Å². The second-order valence-electron chi connectivity index (χ2n) is 5.02. The summed E-state index contributed by atoms with van der Waals surface area (Å²) in [5.74, 6) is 0.829. The van der Waals surface area contributed by atoms with Crippen LogP contribution in [0.5, 0.6) is 0 Å². The van der Waals surface area contributed by atoms with Crippen LogP contribution >= 0.6 is 0 Å². The summed E-state index contributed by atoms with van der Waals surface area (Å²) in [6.07, 6.45) is 7.99. The van der Waals surface area contributed by atoms with Gasteiger partial charge in [0.25, 0.3) is 0 Å². The van der Waals surface area contributed by atoms with Gasteiger partial charge in [-0.05, 0) is 25.2 Å². The smallest absolute Gasteiger partial charge is 0.220 e. The second-order valence-corrected chi connectivity index (χ2v) is 5.02. The minimum atomic E-state index is 0.207. The summed E-state index contributed by atoms with van der Waals surface area (Å²) in [6, 6.07) is 0. The van der Waals surface area contributed by atoms with Crippen molar-refractivity contribution in [3.05, 3.63) is 0 Å². The zero-order chi connectivity index (χ0) is 13.1. The van der Waals surface area contributed by atoms with Crippen molar-refractivity contribution >= 4 is 5.91 Å². The first-order valence-corrected chi connectivity index (χ1v) is 7.16. The molecular weight excluding hydrogens is 230 g/mol. The Kier molecular flexibility index (Phi) is 8.86. The summed E-state index contributed by atoms with van der Waals surface area (Å²) in [4.78, 5) is 11.7. The average molecular weight is 257 g/mol. The van der Waals surface area contributed by atoms with Crippen molar-refractivity contribution in [2.75, 3.05) is 33.5 Å². The molecule has 1 rings (SSSR count). The fraction of sp³-hybridized carbons (Fsp3) is 0.929. The molecule has 0 aromatic carbocycles. The highest BCUT2D eigenvalue weighted by atomic mass is 16.5. The van der Waals surface area contributed by atoms with Crippen LogP contribution in [0.1, 0.15) is 44.9 Å². The van der Waals surface area contributed by atoms with Gasteiger partial charge in [0.05, 0.1) is 13.2 Å². The summed E-state index contributed by atoms with van der Waals surface area (Å²) < 4.78 is 10.2. The molecular formula is C14H27NO3. The molecule has 0 heterocycles. The molecule has 18 heavy (non-hydrogen) atoms. The predicted octanol–water partition coefficient (Wildman–Crippen LogP) is 2.13. The van der Waals surface area contributed by atoms with E-state index in [4.69, 9.17) is 9.47 Å². The molecule has 1 saturated carbocycles. The molecule has 0 saturated heterocycles. The Morgan fingerprint density at radius 3 is 2.67 bits per heavy atom. The minimum absolute atomic E-state index is 0.207. The lowest BCUT2D eigenvalue weighted by atomic mass is 9.87. The summed E-state index contributed by atoms with van der Waals surface area (Å²) in [5.41, 5.74) is 0. The number of carbonyl (C=O) groups excluding carboxylic acids is 1. The summed E-state index contributed by atoms with van der Waals surface area (Å²) >= 11 is 0. The van der Waals surface area contributed by atoms with Gasteiger partial charge in [0.15, 0.2) is 0 Å². The van der Waals surface area contributed by atoms with Gasteiger partial charge in [0.2, 0.25) is 5.91 Å². The van der Waals surface area contributed by atoms with E-state index < -0.39 is 0 Å². The minimum Gasteiger partial charge on any atom is -0.382 e. The van der Waals surface area contributed by atoms with Gasteiger partial charge in [0.1, 0.15) is 0 Å². The van der Waals surface area contributed by atoms with Gasteiger partial charge < -0.3 is 14.8 Å². The molecule has 1 amide bonds. The predicted molar refractivity (Wildman–Crippen MR) is 71.5 cm³/mol. The van der Waals surface area contributed by atoms with Gasteiger partial charge in [0, 0.05) is 26.7 Å². The number of nitrogens with one attached hydrogen (secondary N) is 1. The van der Waals surface area contributed by atoms with Crippen LogP contribution in [0.3, 0.4) is 0 Å². The van der Waals surface area contributed by atoms with Gasteiger partial charge in [-0.15, -0.1) is 0 Å². The van der Waals surface area contributed by atoms with Crippen molar-refractivity contribution in [3.63, 3.8) is 0 Å². The molecule has 1 N–H and O–H groups in total. The van der Waals surface area contributed by atoms with Crippen molar-refractivity contribution in [2.24, 2.45) is 5.92 Å². The topological polar surface area (TPSA) is 47.6 Å². The second kappa shape index (κ2) is 10.3. The molecule has 0 aromatic rings. The number of hydrogen-bond donors (Lipinski definition) is 1. The number of amides is 1. The lowest BCUT2D eigenvalue weighted by Gasteiger charge is -2.20. The third kappa shape index (κ3) is 7.67. The van der Waals surface area contributed by atoms with E-state index in [0.29, 0.717) is 32.2 Å². The zero-order valence-electron chi connectivity index (χ0n) is 11.6. The maximum Gasteiger partial charge on any atom is 0.220 e. The zero-order valence-corrected chi connectivity index (χ0v) is 11.6. The average Bonchev–Trinajstić information content (AvgIpc) is 2.39. The fourth-order valence-electron chi connectivity index (χ4n) is 2.37. The molecule has 1 fully saturated rings. The van der Waals surface area contributed by atoms with Crippen molar-refractivity contribution < 1.29 is 14.3 Å². The first-order valence-electron chi connectivity index (χ1n) is 7.16. The van der Waals surface area contributed by atoms with Crippen LogP contribution in [0.2, 0.25) is 0 Å². The molecule has 0 spiro atoms. The van der Waals surface area contributed by atoms with Crippen LogP contribution in [0.4, 0.5) is 0 Å². The Bertz CT molecular complexity index is 215. The van der Waals surface area contributed by atoms with Crippen LogP contribution in [0, 0.1) is 5.92 Å². The van der Waals surface area contributed by atoms with Crippen LogP contribution in [0.15, 0.2) is 0 Å². The van der Waals surface area contributed by atoms with Crippen molar-refractivity contribution in [3.8, 4) is 0 Å². The maximum atomic E-state index is 11.7. The van der Waals surface area contributed by atoms with Crippen molar-refractivity contribution in [1.82, 2.24) is 5.32 Å². The van der Waals surface area contributed by atoms with Crippen LogP contribution in [-0.2, 0) is 14.3 Å². The van der Waals surface area contributed by atoms with Crippen molar-refractivity contribution in [2.45, 2.75) is 44.9 Å². The van der Waals surface area contributed by atoms with Gasteiger partial charge in [-0.3, -0.25) is 4.79 Å². The standard InChI is InChI=1S/C14H27NO3/c1-17-10-11-18-9-5-8-15-14(16)12-13-6-3-2-4-7-13/h13H,2-12H2,1H3,(H,15,16). The third-order valence-corrected chi connectivity index (χ3v) is 3.42. The van der Waals surface area contributed by atoms with Gasteiger partial charge in [-0.1, -0.05) is 19.3 Å². The van der Waals surface area contributed by atoms with E-state index in [1.807, 2.05) is 0 Å². The Morgan fingerprint density at radius 1 is 1.17 bits per heavy atom. The first-order chi connectivity index (χ1) is 8.83. The Hall–Kier alpha value is -0.610. The molecule has 1 aliphatic carbocycles. The normalized spacial score (nSPS) is 16.7. The molecule has 4 nitrogen and oxygen atoms in total. The summed E-state index contributed by atoms with van der Waals surface area (Å²) in [7, 11) is 1.66. The number of ether oxygens (including phenoxy) is 2. The lowest BCUT2D eigenvalue weighted by Crippen LogP contribution is -2.27. The first kappa shape index (κ1) is 15.4. The molecule has 4 heteroatoms. The highest BCUT2D eigenvalue weighted by Crippen LogP contribution is 2.25. The number of rotatable bonds is 9. The molecule has 0 unspecified atom stereocenters. The van der Waals surface area contributed by atoms with Gasteiger partial charge in [-0.25, -0.2) is 0 Å². The molecule has 0 aliphatic heterocycles. The largest absolute Gasteiger partial charge is 0.382 e.